The van der Waals surface area contributed by atoms with Crippen LogP contribution in [0.3, 0.4) is 0 Å². The second-order valence-electron chi connectivity index (χ2n) is 6.17. The standard InChI is InChI=1S/C20H23Cl2NO3/c1-5-13-14(21)10-15(19(24)18(13)22)23-20(25)16(6-2)26-17-8-7-11(3)9-12(17)4/h7-10,16,24H,5-6H2,1-4H3,(H,23,25). The van der Waals surface area contributed by atoms with E-state index in [9.17, 15) is 9.90 Å². The summed E-state index contributed by atoms with van der Waals surface area (Å²) in [6.07, 6.45) is 0.334. The number of hydrogen-bond acceptors (Lipinski definition) is 3. The Labute approximate surface area is 164 Å². The van der Waals surface area contributed by atoms with E-state index in [4.69, 9.17) is 27.9 Å². The van der Waals surface area contributed by atoms with Gasteiger partial charge in [0.15, 0.2) is 11.9 Å². The van der Waals surface area contributed by atoms with Gasteiger partial charge >= 0.3 is 0 Å². The molecule has 0 aromatic heterocycles. The topological polar surface area (TPSA) is 58.6 Å². The summed E-state index contributed by atoms with van der Waals surface area (Å²) in [5.41, 5.74) is 2.89. The lowest BCUT2D eigenvalue weighted by Gasteiger charge is -2.20. The van der Waals surface area contributed by atoms with Gasteiger partial charge in [0, 0.05) is 5.02 Å². The van der Waals surface area contributed by atoms with E-state index in [0.717, 1.165) is 11.1 Å². The van der Waals surface area contributed by atoms with Crippen molar-refractivity contribution in [2.75, 3.05) is 5.32 Å². The van der Waals surface area contributed by atoms with E-state index in [1.165, 1.54) is 6.07 Å². The summed E-state index contributed by atoms with van der Waals surface area (Å²) in [6, 6.07) is 7.28. The highest BCUT2D eigenvalue weighted by molar-refractivity contribution is 6.37. The van der Waals surface area contributed by atoms with E-state index in [2.05, 4.69) is 5.32 Å². The molecule has 26 heavy (non-hydrogen) atoms. The first kappa shape index (κ1) is 20.4. The molecule has 0 fully saturated rings. The zero-order valence-corrected chi connectivity index (χ0v) is 16.8. The number of anilines is 1. The van der Waals surface area contributed by atoms with Gasteiger partial charge in [-0.05, 0) is 49.9 Å². The molecule has 2 aromatic rings. The average Bonchev–Trinajstić information content (AvgIpc) is 2.59. The number of rotatable bonds is 6. The molecular formula is C20H23Cl2NO3. The predicted octanol–water partition coefficient (Wildman–Crippen LogP) is 5.67. The van der Waals surface area contributed by atoms with Crippen LogP contribution in [-0.2, 0) is 11.2 Å². The molecule has 0 saturated heterocycles. The maximum atomic E-state index is 12.6. The number of carbonyl (C=O) groups excluding carboxylic acids is 1. The highest BCUT2D eigenvalue weighted by Gasteiger charge is 2.22. The molecular weight excluding hydrogens is 373 g/mol. The van der Waals surface area contributed by atoms with E-state index in [1.807, 2.05) is 45.9 Å². The fraction of sp³-hybridized carbons (Fsp3) is 0.350. The van der Waals surface area contributed by atoms with Crippen LogP contribution in [0.1, 0.15) is 37.0 Å². The number of aryl methyl sites for hydroxylation is 2. The van der Waals surface area contributed by atoms with E-state index in [0.29, 0.717) is 29.2 Å². The Morgan fingerprint density at radius 1 is 1.23 bits per heavy atom. The van der Waals surface area contributed by atoms with Crippen LogP contribution in [-0.4, -0.2) is 17.1 Å². The molecule has 140 valence electrons. The summed E-state index contributed by atoms with van der Waals surface area (Å²) in [5.74, 6) is 0.0843. The van der Waals surface area contributed by atoms with Gasteiger partial charge in [-0.2, -0.15) is 0 Å². The lowest BCUT2D eigenvalue weighted by Crippen LogP contribution is -2.32. The second kappa shape index (κ2) is 8.65. The number of benzene rings is 2. The predicted molar refractivity (Wildman–Crippen MR) is 107 cm³/mol. The first-order valence-corrected chi connectivity index (χ1v) is 9.28. The van der Waals surface area contributed by atoms with Crippen molar-refractivity contribution in [3.05, 3.63) is 51.0 Å². The van der Waals surface area contributed by atoms with Gasteiger partial charge in [-0.1, -0.05) is 54.7 Å². The van der Waals surface area contributed by atoms with Crippen molar-refractivity contribution in [1.82, 2.24) is 0 Å². The lowest BCUT2D eigenvalue weighted by atomic mass is 10.1. The fourth-order valence-electron chi connectivity index (χ4n) is 2.69. The Morgan fingerprint density at radius 2 is 1.92 bits per heavy atom. The molecule has 0 spiro atoms. The number of phenols is 1. The molecule has 2 rings (SSSR count). The van der Waals surface area contributed by atoms with Crippen molar-refractivity contribution in [1.29, 1.82) is 0 Å². The third-order valence-electron chi connectivity index (χ3n) is 4.16. The van der Waals surface area contributed by atoms with Gasteiger partial charge in [0.25, 0.3) is 5.91 Å². The molecule has 2 N–H and O–H groups in total. The van der Waals surface area contributed by atoms with Gasteiger partial charge in [-0.15, -0.1) is 0 Å². The van der Waals surface area contributed by atoms with Crippen LogP contribution in [0.2, 0.25) is 10.0 Å². The van der Waals surface area contributed by atoms with Crippen LogP contribution >= 0.6 is 23.2 Å². The number of ether oxygens (including phenoxy) is 1. The third-order valence-corrected chi connectivity index (χ3v) is 4.91. The highest BCUT2D eigenvalue weighted by atomic mass is 35.5. The minimum absolute atomic E-state index is 0.152. The smallest absolute Gasteiger partial charge is 0.265 e. The molecule has 0 radical (unpaired) electrons. The third kappa shape index (κ3) is 4.43. The SMILES string of the molecule is CCc1c(Cl)cc(NC(=O)C(CC)Oc2ccc(C)cc2C)c(O)c1Cl. The number of halogens is 2. The number of amides is 1. The highest BCUT2D eigenvalue weighted by Crippen LogP contribution is 2.39. The van der Waals surface area contributed by atoms with Crippen molar-refractivity contribution in [3.63, 3.8) is 0 Å². The Balaban J connectivity index is 2.22. The van der Waals surface area contributed by atoms with Gasteiger partial charge in [-0.3, -0.25) is 4.79 Å². The van der Waals surface area contributed by atoms with Crippen LogP contribution in [0.25, 0.3) is 0 Å². The van der Waals surface area contributed by atoms with Crippen LogP contribution in [0.5, 0.6) is 11.5 Å². The monoisotopic (exact) mass is 395 g/mol. The molecule has 0 aliphatic heterocycles. The zero-order valence-electron chi connectivity index (χ0n) is 15.3. The largest absolute Gasteiger partial charge is 0.504 e. The maximum Gasteiger partial charge on any atom is 0.265 e. The fourth-order valence-corrected chi connectivity index (χ4v) is 3.41. The van der Waals surface area contributed by atoms with E-state index >= 15 is 0 Å². The van der Waals surface area contributed by atoms with Gasteiger partial charge in [0.1, 0.15) is 5.75 Å². The zero-order chi connectivity index (χ0) is 19.4. The Bertz CT molecular complexity index is 821. The number of phenolic OH excluding ortho intramolecular Hbond substituents is 1. The maximum absolute atomic E-state index is 12.6. The molecule has 1 amide bonds. The van der Waals surface area contributed by atoms with E-state index < -0.39 is 6.10 Å². The van der Waals surface area contributed by atoms with Gasteiger partial charge in [0.05, 0.1) is 10.7 Å². The van der Waals surface area contributed by atoms with Crippen LogP contribution < -0.4 is 10.1 Å². The first-order valence-electron chi connectivity index (χ1n) is 8.53. The molecule has 6 heteroatoms. The minimum atomic E-state index is -0.709. The van der Waals surface area contributed by atoms with Crippen molar-refractivity contribution in [2.45, 2.75) is 46.6 Å². The molecule has 0 saturated carbocycles. The van der Waals surface area contributed by atoms with Crippen molar-refractivity contribution in [2.24, 2.45) is 0 Å². The summed E-state index contributed by atoms with van der Waals surface area (Å²) in [7, 11) is 0. The summed E-state index contributed by atoms with van der Waals surface area (Å²) in [6.45, 7) is 7.67. The lowest BCUT2D eigenvalue weighted by molar-refractivity contribution is -0.122. The number of hydrogen-bond donors (Lipinski definition) is 2. The van der Waals surface area contributed by atoms with Crippen molar-refractivity contribution < 1.29 is 14.6 Å². The Hall–Kier alpha value is -1.91. The normalized spacial score (nSPS) is 11.9. The van der Waals surface area contributed by atoms with Crippen LogP contribution in [0, 0.1) is 13.8 Å². The molecule has 4 nitrogen and oxygen atoms in total. The van der Waals surface area contributed by atoms with Crippen molar-refractivity contribution in [3.8, 4) is 11.5 Å². The average molecular weight is 396 g/mol. The summed E-state index contributed by atoms with van der Waals surface area (Å²) >= 11 is 12.3. The van der Waals surface area contributed by atoms with Crippen LogP contribution in [0.15, 0.2) is 24.3 Å². The number of nitrogens with one attached hydrogen (secondary N) is 1. The van der Waals surface area contributed by atoms with Crippen LogP contribution in [0.4, 0.5) is 5.69 Å². The van der Waals surface area contributed by atoms with Gasteiger partial charge in [-0.25, -0.2) is 0 Å². The van der Waals surface area contributed by atoms with Crippen molar-refractivity contribution >= 4 is 34.8 Å². The quantitative estimate of drug-likeness (QED) is 0.618. The second-order valence-corrected chi connectivity index (χ2v) is 6.96. The summed E-state index contributed by atoms with van der Waals surface area (Å²) in [4.78, 5) is 12.6. The van der Waals surface area contributed by atoms with E-state index in [-0.39, 0.29) is 22.4 Å². The molecule has 0 aliphatic rings. The van der Waals surface area contributed by atoms with Gasteiger partial charge in [0.2, 0.25) is 0 Å². The first-order chi connectivity index (χ1) is 12.3. The van der Waals surface area contributed by atoms with E-state index in [1.54, 1.807) is 0 Å². The molecule has 1 atom stereocenters. The van der Waals surface area contributed by atoms with Gasteiger partial charge < -0.3 is 15.2 Å². The summed E-state index contributed by atoms with van der Waals surface area (Å²) < 4.78 is 5.87. The Kier molecular flexibility index (Phi) is 6.79. The minimum Gasteiger partial charge on any atom is -0.504 e. The molecule has 0 heterocycles. The Morgan fingerprint density at radius 3 is 2.50 bits per heavy atom. The molecule has 0 aliphatic carbocycles. The molecule has 2 aromatic carbocycles. The molecule has 1 unspecified atom stereocenters. The molecule has 0 bridgehead atoms. The number of aromatic hydroxyl groups is 1. The number of carbonyl (C=O) groups is 1. The summed E-state index contributed by atoms with van der Waals surface area (Å²) in [5, 5.41) is 13.5.